The number of nitrogens with one attached hydrogen (secondary N) is 1. The molecular formula is C29H28N6O3S3. The minimum Gasteiger partial charge on any atom is -0.451 e. The van der Waals surface area contributed by atoms with Gasteiger partial charge in [0.2, 0.25) is 5.91 Å². The van der Waals surface area contributed by atoms with Crippen molar-refractivity contribution in [2.75, 3.05) is 5.75 Å². The molecule has 2 aliphatic rings. The van der Waals surface area contributed by atoms with Crippen LogP contribution in [-0.4, -0.2) is 65.2 Å². The quantitative estimate of drug-likeness (QED) is 0.238. The summed E-state index contributed by atoms with van der Waals surface area (Å²) in [5.74, 6) is 0.570. The van der Waals surface area contributed by atoms with E-state index in [-0.39, 0.29) is 23.7 Å². The zero-order chi connectivity index (χ0) is 28.6. The number of nitrogens with zero attached hydrogens (tertiary/aromatic N) is 5. The number of aryl methyl sites for hydroxylation is 1. The van der Waals surface area contributed by atoms with Gasteiger partial charge in [0.15, 0.2) is 11.9 Å². The molecule has 2 fully saturated rings. The molecule has 3 unspecified atom stereocenters. The van der Waals surface area contributed by atoms with E-state index in [1.165, 1.54) is 0 Å². The van der Waals surface area contributed by atoms with E-state index in [1.807, 2.05) is 90.0 Å². The number of amides is 1. The number of tetrazole rings is 1. The van der Waals surface area contributed by atoms with Crippen molar-refractivity contribution in [3.63, 3.8) is 0 Å². The molecule has 2 aromatic heterocycles. The van der Waals surface area contributed by atoms with Gasteiger partial charge in [-0.2, -0.15) is 0 Å². The van der Waals surface area contributed by atoms with Crippen LogP contribution in [0, 0.1) is 0 Å². The summed E-state index contributed by atoms with van der Waals surface area (Å²) in [5, 5.41) is 17.0. The topological polar surface area (TPSA) is 102 Å². The lowest BCUT2D eigenvalue weighted by Crippen LogP contribution is -2.78. The number of carbonyl (C=O) groups is 2. The summed E-state index contributed by atoms with van der Waals surface area (Å²) < 4.78 is 7.96. The SMILES string of the molecule is Cn1nnnc1C1(C)CS[C@H]2C(NC(=O)Cc3cccs3)C(=S)N2C1C(=O)OC(c1ccccc1)c1ccccc1. The molecule has 1 amide bonds. The predicted molar refractivity (Wildman–Crippen MR) is 161 cm³/mol. The highest BCUT2D eigenvalue weighted by molar-refractivity contribution is 8.00. The molecule has 4 aromatic rings. The van der Waals surface area contributed by atoms with Gasteiger partial charge in [-0.1, -0.05) is 78.9 Å². The molecular weight excluding hydrogens is 577 g/mol. The highest BCUT2D eigenvalue weighted by Gasteiger charge is 2.62. The van der Waals surface area contributed by atoms with Crippen molar-refractivity contribution in [1.29, 1.82) is 0 Å². The number of esters is 1. The van der Waals surface area contributed by atoms with Crippen LogP contribution in [0.3, 0.4) is 0 Å². The van der Waals surface area contributed by atoms with Gasteiger partial charge in [0.05, 0.1) is 11.8 Å². The molecule has 4 atom stereocenters. The van der Waals surface area contributed by atoms with Crippen LogP contribution in [0.4, 0.5) is 0 Å². The molecule has 6 rings (SSSR count). The minimum absolute atomic E-state index is 0.0989. The normalized spacial score (nSPS) is 23.5. The van der Waals surface area contributed by atoms with Crippen LogP contribution in [0.2, 0.25) is 0 Å². The maximum Gasteiger partial charge on any atom is 0.330 e. The first-order chi connectivity index (χ1) is 19.9. The zero-order valence-corrected chi connectivity index (χ0v) is 24.9. The van der Waals surface area contributed by atoms with Gasteiger partial charge in [-0.05, 0) is 39.9 Å². The number of carbonyl (C=O) groups excluding carboxylic acids is 2. The highest BCUT2D eigenvalue weighted by Crippen LogP contribution is 2.48. The van der Waals surface area contributed by atoms with E-state index in [9.17, 15) is 9.59 Å². The lowest BCUT2D eigenvalue weighted by molar-refractivity contribution is -0.156. The molecule has 0 aliphatic carbocycles. The van der Waals surface area contributed by atoms with Gasteiger partial charge in [-0.3, -0.25) is 4.79 Å². The Bertz CT molecular complexity index is 1510. The van der Waals surface area contributed by atoms with Crippen LogP contribution in [0.15, 0.2) is 78.2 Å². The molecule has 1 N–H and O–H groups in total. The van der Waals surface area contributed by atoms with Gasteiger partial charge in [-0.25, -0.2) is 9.48 Å². The number of thioether (sulfide) groups is 1. The number of benzene rings is 2. The van der Waals surface area contributed by atoms with Crippen LogP contribution in [0.5, 0.6) is 0 Å². The van der Waals surface area contributed by atoms with Gasteiger partial charge in [0.25, 0.3) is 0 Å². The number of hydrogen-bond acceptors (Lipinski definition) is 9. The maximum atomic E-state index is 14.4. The largest absolute Gasteiger partial charge is 0.451 e. The summed E-state index contributed by atoms with van der Waals surface area (Å²) >= 11 is 9.04. The molecule has 4 heterocycles. The molecule has 41 heavy (non-hydrogen) atoms. The maximum absolute atomic E-state index is 14.4. The number of rotatable bonds is 8. The first-order valence-electron chi connectivity index (χ1n) is 13.2. The number of fused-ring (bicyclic) bond motifs is 1. The van der Waals surface area contributed by atoms with Crippen molar-refractivity contribution in [3.05, 3.63) is 100 Å². The third-order valence-electron chi connectivity index (χ3n) is 7.54. The Morgan fingerprint density at radius 2 is 1.78 bits per heavy atom. The van der Waals surface area contributed by atoms with Gasteiger partial charge < -0.3 is 15.0 Å². The third-order valence-corrected chi connectivity index (χ3v) is 10.5. The lowest BCUT2D eigenvalue weighted by Gasteiger charge is -2.59. The summed E-state index contributed by atoms with van der Waals surface area (Å²) in [4.78, 5) is 30.6. The highest BCUT2D eigenvalue weighted by atomic mass is 32.2. The molecule has 12 heteroatoms. The predicted octanol–water partition coefficient (Wildman–Crippen LogP) is 3.67. The third kappa shape index (κ3) is 5.15. The van der Waals surface area contributed by atoms with Crippen molar-refractivity contribution >= 4 is 52.2 Å². The smallest absolute Gasteiger partial charge is 0.330 e. The van der Waals surface area contributed by atoms with Crippen LogP contribution in [-0.2, 0) is 33.2 Å². The molecule has 2 aliphatic heterocycles. The van der Waals surface area contributed by atoms with E-state index in [2.05, 4.69) is 20.8 Å². The fourth-order valence-corrected chi connectivity index (χ4v) is 8.40. The van der Waals surface area contributed by atoms with Crippen LogP contribution in [0.25, 0.3) is 0 Å². The average molecular weight is 605 g/mol. The van der Waals surface area contributed by atoms with Gasteiger partial charge in [0.1, 0.15) is 22.4 Å². The van der Waals surface area contributed by atoms with Gasteiger partial charge >= 0.3 is 5.97 Å². The summed E-state index contributed by atoms with van der Waals surface area (Å²) in [6.45, 7) is 1.97. The summed E-state index contributed by atoms with van der Waals surface area (Å²) in [6.07, 6.45) is -0.325. The minimum atomic E-state index is -0.815. The summed E-state index contributed by atoms with van der Waals surface area (Å²) in [7, 11) is 1.76. The Kier molecular flexibility index (Phi) is 7.62. The second-order valence-corrected chi connectivity index (χ2v) is 12.9. The van der Waals surface area contributed by atoms with E-state index in [0.29, 0.717) is 16.6 Å². The zero-order valence-electron chi connectivity index (χ0n) is 22.4. The van der Waals surface area contributed by atoms with E-state index in [1.54, 1.807) is 34.8 Å². The summed E-state index contributed by atoms with van der Waals surface area (Å²) in [5.41, 5.74) is 0.909. The fraction of sp³-hybridized carbons (Fsp3) is 0.310. The van der Waals surface area contributed by atoms with Crippen molar-refractivity contribution in [2.24, 2.45) is 7.05 Å². The number of aromatic nitrogens is 4. The Balaban J connectivity index is 1.31. The molecule has 2 saturated heterocycles. The summed E-state index contributed by atoms with van der Waals surface area (Å²) in [6, 6.07) is 22.1. The second kappa shape index (κ2) is 11.3. The Morgan fingerprint density at radius 3 is 2.37 bits per heavy atom. The molecule has 0 spiro atoms. The number of ether oxygens (including phenoxy) is 1. The average Bonchev–Trinajstić information content (AvgIpc) is 3.67. The molecule has 2 aromatic carbocycles. The van der Waals surface area contributed by atoms with Crippen LogP contribution < -0.4 is 5.32 Å². The standard InChI is InChI=1S/C29H28N6O3S3/c1-29(28-31-32-33-34(28)2)17-41-26-22(30-21(36)16-20-14-9-15-40-20)25(39)35(26)24(29)27(37)38-23(18-10-5-3-6-11-18)19-12-7-4-8-13-19/h3-15,22-24,26H,16-17H2,1-2H3,(H,30,36)/t22?,24?,26-,29?/m0/s1. The number of thiophene rings is 1. The Morgan fingerprint density at radius 1 is 1.10 bits per heavy atom. The van der Waals surface area contributed by atoms with Crippen LogP contribution in [0.1, 0.15) is 34.9 Å². The molecule has 0 bridgehead atoms. The number of hydrogen-bond donors (Lipinski definition) is 1. The van der Waals surface area contributed by atoms with E-state index < -0.39 is 23.5 Å². The first kappa shape index (κ1) is 27.6. The first-order valence-corrected chi connectivity index (χ1v) is 15.5. The second-order valence-electron chi connectivity index (χ2n) is 10.3. The molecule has 0 saturated carbocycles. The van der Waals surface area contributed by atoms with Crippen LogP contribution >= 0.6 is 35.3 Å². The fourth-order valence-electron chi connectivity index (χ4n) is 5.55. The number of thiocarbonyl (C=S) groups is 1. The van der Waals surface area contributed by atoms with Crippen molar-refractivity contribution in [1.82, 2.24) is 30.4 Å². The molecule has 9 nitrogen and oxygen atoms in total. The van der Waals surface area contributed by atoms with Gasteiger partial charge in [0, 0.05) is 17.7 Å². The lowest BCUT2D eigenvalue weighted by atomic mass is 9.79. The molecule has 210 valence electrons. The van der Waals surface area contributed by atoms with Crippen molar-refractivity contribution in [3.8, 4) is 0 Å². The Labute approximate surface area is 251 Å². The Hall–Kier alpha value is -3.61. The van der Waals surface area contributed by atoms with E-state index in [4.69, 9.17) is 17.0 Å². The van der Waals surface area contributed by atoms with E-state index in [0.717, 1.165) is 16.0 Å². The monoisotopic (exact) mass is 604 g/mol. The van der Waals surface area contributed by atoms with Gasteiger partial charge in [-0.15, -0.1) is 28.2 Å². The van der Waals surface area contributed by atoms with Crippen molar-refractivity contribution < 1.29 is 14.3 Å². The van der Waals surface area contributed by atoms with E-state index >= 15 is 0 Å². The van der Waals surface area contributed by atoms with Crippen molar-refractivity contribution in [2.45, 2.75) is 42.3 Å². The molecule has 0 radical (unpaired) electrons.